The van der Waals surface area contributed by atoms with Gasteiger partial charge in [0.05, 0.1) is 0 Å². The van der Waals surface area contributed by atoms with Crippen LogP contribution in [0.3, 0.4) is 0 Å². The van der Waals surface area contributed by atoms with E-state index in [0.29, 0.717) is 31.5 Å². The van der Waals surface area contributed by atoms with Crippen LogP contribution in [0, 0.1) is 6.92 Å². The summed E-state index contributed by atoms with van der Waals surface area (Å²) in [7, 11) is 5.79. The van der Waals surface area contributed by atoms with Crippen molar-refractivity contribution in [2.24, 2.45) is 0 Å². The summed E-state index contributed by atoms with van der Waals surface area (Å²) in [5.41, 5.74) is 0. The van der Waals surface area contributed by atoms with Gasteiger partial charge in [-0.3, -0.25) is 4.79 Å². The number of piperazine rings is 1. The first kappa shape index (κ1) is 25.1. The molecule has 0 unspecified atom stereocenters. The zero-order valence-electron chi connectivity index (χ0n) is 15.0. The number of hydrogen-bond donors (Lipinski definition) is 0. The van der Waals surface area contributed by atoms with Crippen molar-refractivity contribution >= 4 is 33.2 Å². The number of carbonyl (C=O) groups is 2. The molecule has 0 N–H and O–H groups in total. The Labute approximate surface area is 180 Å². The van der Waals surface area contributed by atoms with Crippen LogP contribution >= 0.6 is 21.6 Å². The Kier molecular flexibility index (Phi) is 17.0. The molecule has 137 valence electrons. The standard InChI is InChI=1S/C17H31N2O2S2.Y/c1-3-16(20)6-4-14-22-23-15-5-7-17(21)8-9-19-12-10-18(2)11-13-19;/h1,3-15H2,2H3;/q-1;. The van der Waals surface area contributed by atoms with E-state index in [1.54, 1.807) is 0 Å². The first-order valence-corrected chi connectivity index (χ1v) is 11.1. The molecule has 4 nitrogen and oxygen atoms in total. The maximum Gasteiger partial charge on any atom is 0.134 e. The summed E-state index contributed by atoms with van der Waals surface area (Å²) in [5.74, 6) is 2.68. The summed E-state index contributed by atoms with van der Waals surface area (Å²) in [6.07, 6.45) is 4.39. The van der Waals surface area contributed by atoms with E-state index >= 15 is 0 Å². The second-order valence-corrected chi connectivity index (χ2v) is 8.78. The van der Waals surface area contributed by atoms with Gasteiger partial charge in [-0.25, -0.2) is 0 Å². The molecule has 0 aromatic heterocycles. The first-order chi connectivity index (χ1) is 11.1. The Hall–Kier alpha value is 1.06. The molecule has 0 amide bonds. The number of Topliss-reactive ketones (excluding diaryl/α,β-unsaturated/α-hetero) is 2. The van der Waals surface area contributed by atoms with Gasteiger partial charge >= 0.3 is 0 Å². The smallest absolute Gasteiger partial charge is 0.134 e. The Bertz CT molecular complexity index is 351. The SMILES string of the molecule is [CH2-]CC(=O)CCCSSCCCC(=O)CCN1CCN(C)CC1.[Y]. The van der Waals surface area contributed by atoms with E-state index in [-0.39, 0.29) is 38.5 Å². The van der Waals surface area contributed by atoms with Crippen molar-refractivity contribution < 1.29 is 42.3 Å². The molecule has 1 fully saturated rings. The van der Waals surface area contributed by atoms with E-state index in [4.69, 9.17) is 0 Å². The minimum Gasteiger partial charge on any atom is -0.336 e. The monoisotopic (exact) mass is 448 g/mol. The van der Waals surface area contributed by atoms with E-state index < -0.39 is 0 Å². The molecule has 0 aliphatic carbocycles. The van der Waals surface area contributed by atoms with Crippen molar-refractivity contribution in [2.75, 3.05) is 51.3 Å². The first-order valence-electron chi connectivity index (χ1n) is 8.59. The van der Waals surface area contributed by atoms with Gasteiger partial charge in [-0.2, -0.15) is 0 Å². The van der Waals surface area contributed by atoms with Crippen LogP contribution in [0.1, 0.15) is 38.5 Å². The van der Waals surface area contributed by atoms with Crippen LogP contribution in [0.4, 0.5) is 0 Å². The van der Waals surface area contributed by atoms with Crippen LogP contribution in [-0.2, 0) is 42.3 Å². The van der Waals surface area contributed by atoms with Crippen LogP contribution in [0.2, 0.25) is 0 Å². The van der Waals surface area contributed by atoms with Gasteiger partial charge in [-0.05, 0) is 19.9 Å². The molecule has 7 heteroatoms. The maximum atomic E-state index is 11.9. The molecule has 1 heterocycles. The minimum absolute atomic E-state index is 0. The molecule has 24 heavy (non-hydrogen) atoms. The molecular formula is C17H31N2O2S2Y-. The molecule has 1 aliphatic heterocycles. The van der Waals surface area contributed by atoms with Crippen LogP contribution in [0.25, 0.3) is 0 Å². The number of carbonyl (C=O) groups excluding carboxylic acids is 2. The van der Waals surface area contributed by atoms with Gasteiger partial charge in [0.2, 0.25) is 0 Å². The molecule has 1 rings (SSSR count). The number of likely N-dealkylation sites (N-methyl/N-ethyl adjacent to an activating group) is 1. The predicted molar refractivity (Wildman–Crippen MR) is 102 cm³/mol. The fourth-order valence-electron chi connectivity index (χ4n) is 2.38. The molecular weight excluding hydrogens is 417 g/mol. The van der Waals surface area contributed by atoms with Gasteiger partial charge in [-0.15, -0.1) is 6.42 Å². The van der Waals surface area contributed by atoms with Gasteiger partial charge in [0.15, 0.2) is 0 Å². The molecule has 1 aliphatic rings. The number of hydrogen-bond acceptors (Lipinski definition) is 6. The van der Waals surface area contributed by atoms with E-state index in [1.165, 1.54) is 0 Å². The Morgan fingerprint density at radius 2 is 1.46 bits per heavy atom. The maximum absolute atomic E-state index is 11.9. The van der Waals surface area contributed by atoms with E-state index in [9.17, 15) is 9.59 Å². The van der Waals surface area contributed by atoms with Gasteiger partial charge < -0.3 is 21.5 Å². The van der Waals surface area contributed by atoms with Crippen LogP contribution in [-0.4, -0.2) is 72.6 Å². The van der Waals surface area contributed by atoms with Gasteiger partial charge in [0, 0.05) is 96.2 Å². The Morgan fingerprint density at radius 1 is 0.917 bits per heavy atom. The van der Waals surface area contributed by atoms with Crippen molar-refractivity contribution in [2.45, 2.75) is 38.5 Å². The average molecular weight is 448 g/mol. The summed E-state index contributed by atoms with van der Waals surface area (Å²) < 4.78 is 0. The van der Waals surface area contributed by atoms with E-state index in [2.05, 4.69) is 23.8 Å². The summed E-state index contributed by atoms with van der Waals surface area (Å²) >= 11 is 0. The van der Waals surface area contributed by atoms with Crippen molar-refractivity contribution in [3.8, 4) is 0 Å². The molecule has 0 bridgehead atoms. The number of nitrogens with zero attached hydrogens (tertiary/aromatic N) is 2. The zero-order chi connectivity index (χ0) is 16.9. The van der Waals surface area contributed by atoms with Crippen LogP contribution in [0.5, 0.6) is 0 Å². The zero-order valence-corrected chi connectivity index (χ0v) is 19.5. The third kappa shape index (κ3) is 13.3. The predicted octanol–water partition coefficient (Wildman–Crippen LogP) is 2.93. The Morgan fingerprint density at radius 3 is 2.00 bits per heavy atom. The molecule has 1 radical (unpaired) electrons. The fraction of sp³-hybridized carbons (Fsp3) is 0.824. The summed E-state index contributed by atoms with van der Waals surface area (Å²) in [6, 6.07) is 0. The van der Waals surface area contributed by atoms with Gasteiger partial charge in [0.1, 0.15) is 11.6 Å². The molecule has 0 atom stereocenters. The fourth-order valence-corrected chi connectivity index (χ4v) is 4.55. The van der Waals surface area contributed by atoms with Crippen molar-refractivity contribution in [1.82, 2.24) is 9.80 Å². The largest absolute Gasteiger partial charge is 0.336 e. The second kappa shape index (κ2) is 16.3. The molecule has 0 aromatic rings. The molecule has 0 spiro atoms. The van der Waals surface area contributed by atoms with Crippen LogP contribution in [0.15, 0.2) is 0 Å². The van der Waals surface area contributed by atoms with Crippen LogP contribution < -0.4 is 0 Å². The van der Waals surface area contributed by atoms with E-state index in [1.807, 2.05) is 21.6 Å². The van der Waals surface area contributed by atoms with Gasteiger partial charge in [0.25, 0.3) is 0 Å². The quantitative estimate of drug-likeness (QED) is 0.245. The summed E-state index contributed by atoms with van der Waals surface area (Å²) in [6.45, 7) is 8.92. The third-order valence-electron chi connectivity index (χ3n) is 4.03. The third-order valence-corrected chi connectivity index (χ3v) is 6.61. The average Bonchev–Trinajstić information content (AvgIpc) is 2.56. The van der Waals surface area contributed by atoms with E-state index in [0.717, 1.165) is 57.1 Å². The summed E-state index contributed by atoms with van der Waals surface area (Å²) in [4.78, 5) is 27.7. The minimum atomic E-state index is 0. The number of rotatable bonds is 13. The topological polar surface area (TPSA) is 40.6 Å². The van der Waals surface area contributed by atoms with Crippen molar-refractivity contribution in [3.63, 3.8) is 0 Å². The van der Waals surface area contributed by atoms with Crippen molar-refractivity contribution in [1.29, 1.82) is 0 Å². The van der Waals surface area contributed by atoms with Gasteiger partial charge in [-0.1, -0.05) is 21.6 Å². The van der Waals surface area contributed by atoms with Crippen molar-refractivity contribution in [3.05, 3.63) is 6.92 Å². The molecule has 0 saturated carbocycles. The molecule has 0 aromatic carbocycles. The number of ketones is 2. The summed E-state index contributed by atoms with van der Waals surface area (Å²) in [5, 5.41) is 0. The molecule has 1 saturated heterocycles. The normalized spacial score (nSPS) is 15.9. The second-order valence-electron chi connectivity index (χ2n) is 6.07. The Balaban J connectivity index is 0.00000529.